The normalized spacial score (nSPS) is 21.9. The summed E-state index contributed by atoms with van der Waals surface area (Å²) in [6, 6.07) is 0.499. The van der Waals surface area contributed by atoms with Gasteiger partial charge in [0.15, 0.2) is 0 Å². The molecule has 0 saturated heterocycles. The number of nitrogens with zero attached hydrogens (tertiary/aromatic N) is 2. The average Bonchev–Trinajstić information content (AvgIpc) is 2.62. The standard InChI is InChI=1S/C13H23N5/c1-8-11(15-9(2)16-12(8)18-14)17-10-5-6-13(3,4)7-10/h10H,5-7,14H2,1-4H3,(H2,15,16,17,18). The Morgan fingerprint density at radius 3 is 2.44 bits per heavy atom. The van der Waals surface area contributed by atoms with Crippen molar-refractivity contribution in [2.45, 2.75) is 53.0 Å². The minimum atomic E-state index is 0.433. The van der Waals surface area contributed by atoms with Gasteiger partial charge in [0.1, 0.15) is 17.5 Å². The van der Waals surface area contributed by atoms with Crippen LogP contribution < -0.4 is 16.6 Å². The highest BCUT2D eigenvalue weighted by atomic mass is 15.3. The Labute approximate surface area is 109 Å². The Balaban J connectivity index is 2.17. The third-order valence-electron chi connectivity index (χ3n) is 3.70. The molecule has 1 aromatic heterocycles. The van der Waals surface area contributed by atoms with Crippen molar-refractivity contribution in [2.75, 3.05) is 10.7 Å². The summed E-state index contributed by atoms with van der Waals surface area (Å²) >= 11 is 0. The van der Waals surface area contributed by atoms with E-state index in [1.807, 2.05) is 13.8 Å². The Hall–Kier alpha value is -1.36. The van der Waals surface area contributed by atoms with Crippen LogP contribution in [0, 0.1) is 19.3 Å². The molecule has 1 aliphatic rings. The van der Waals surface area contributed by atoms with Gasteiger partial charge in [-0.05, 0) is 38.5 Å². The van der Waals surface area contributed by atoms with Crippen molar-refractivity contribution in [3.05, 3.63) is 11.4 Å². The van der Waals surface area contributed by atoms with Crippen molar-refractivity contribution in [1.82, 2.24) is 9.97 Å². The Morgan fingerprint density at radius 2 is 1.89 bits per heavy atom. The van der Waals surface area contributed by atoms with Gasteiger partial charge in [-0.1, -0.05) is 13.8 Å². The summed E-state index contributed by atoms with van der Waals surface area (Å²) < 4.78 is 0. The fourth-order valence-electron chi connectivity index (χ4n) is 2.66. The first-order chi connectivity index (χ1) is 8.41. The summed E-state index contributed by atoms with van der Waals surface area (Å²) in [5, 5.41) is 3.53. The molecule has 0 bridgehead atoms. The quantitative estimate of drug-likeness (QED) is 0.566. The molecule has 0 spiro atoms. The van der Waals surface area contributed by atoms with Crippen molar-refractivity contribution < 1.29 is 0 Å². The number of hydrogen-bond acceptors (Lipinski definition) is 5. The van der Waals surface area contributed by atoms with Gasteiger partial charge in [-0.15, -0.1) is 0 Å². The van der Waals surface area contributed by atoms with E-state index in [1.54, 1.807) is 0 Å². The van der Waals surface area contributed by atoms with E-state index in [9.17, 15) is 0 Å². The van der Waals surface area contributed by atoms with Gasteiger partial charge in [-0.3, -0.25) is 0 Å². The second kappa shape index (κ2) is 4.72. The first-order valence-corrected chi connectivity index (χ1v) is 6.50. The van der Waals surface area contributed by atoms with Gasteiger partial charge < -0.3 is 10.7 Å². The molecule has 1 saturated carbocycles. The van der Waals surface area contributed by atoms with Crippen molar-refractivity contribution in [3.63, 3.8) is 0 Å². The van der Waals surface area contributed by atoms with Gasteiger partial charge in [-0.25, -0.2) is 15.8 Å². The van der Waals surface area contributed by atoms with Crippen LogP contribution in [0.5, 0.6) is 0 Å². The highest BCUT2D eigenvalue weighted by Gasteiger charge is 2.31. The maximum atomic E-state index is 5.47. The maximum Gasteiger partial charge on any atom is 0.148 e. The molecule has 1 heterocycles. The lowest BCUT2D eigenvalue weighted by Crippen LogP contribution is -2.21. The molecule has 1 aromatic rings. The van der Waals surface area contributed by atoms with E-state index in [-0.39, 0.29) is 0 Å². The Morgan fingerprint density at radius 1 is 1.22 bits per heavy atom. The topological polar surface area (TPSA) is 75.9 Å². The number of nitrogen functional groups attached to an aromatic ring is 1. The molecular weight excluding hydrogens is 226 g/mol. The lowest BCUT2D eigenvalue weighted by Gasteiger charge is -2.19. The molecule has 4 N–H and O–H groups in total. The molecule has 0 aromatic carbocycles. The van der Waals surface area contributed by atoms with Crippen LogP contribution in [-0.4, -0.2) is 16.0 Å². The van der Waals surface area contributed by atoms with E-state index in [0.29, 0.717) is 17.3 Å². The Bertz CT molecular complexity index is 441. The summed E-state index contributed by atoms with van der Waals surface area (Å²) in [6.07, 6.45) is 3.64. The molecule has 5 nitrogen and oxygen atoms in total. The van der Waals surface area contributed by atoms with Crippen LogP contribution in [0.25, 0.3) is 0 Å². The van der Waals surface area contributed by atoms with Crippen molar-refractivity contribution in [3.8, 4) is 0 Å². The largest absolute Gasteiger partial charge is 0.367 e. The van der Waals surface area contributed by atoms with Gasteiger partial charge in [0.25, 0.3) is 0 Å². The maximum absolute atomic E-state index is 5.47. The summed E-state index contributed by atoms with van der Waals surface area (Å²) in [5.74, 6) is 7.80. The predicted molar refractivity (Wildman–Crippen MR) is 74.4 cm³/mol. The van der Waals surface area contributed by atoms with Gasteiger partial charge in [0.05, 0.1) is 0 Å². The SMILES string of the molecule is Cc1nc(NN)c(C)c(NC2CCC(C)(C)C2)n1. The van der Waals surface area contributed by atoms with Gasteiger partial charge in [0.2, 0.25) is 0 Å². The third-order valence-corrected chi connectivity index (χ3v) is 3.70. The summed E-state index contributed by atoms with van der Waals surface area (Å²) in [4.78, 5) is 8.74. The summed E-state index contributed by atoms with van der Waals surface area (Å²) in [6.45, 7) is 8.50. The van der Waals surface area contributed by atoms with Crippen LogP contribution in [-0.2, 0) is 0 Å². The fraction of sp³-hybridized carbons (Fsp3) is 0.692. The van der Waals surface area contributed by atoms with Gasteiger partial charge in [-0.2, -0.15) is 0 Å². The van der Waals surface area contributed by atoms with Crippen LogP contribution >= 0.6 is 0 Å². The van der Waals surface area contributed by atoms with Crippen LogP contribution in [0.3, 0.4) is 0 Å². The zero-order valence-electron chi connectivity index (χ0n) is 11.7. The van der Waals surface area contributed by atoms with E-state index < -0.39 is 0 Å². The molecule has 5 heteroatoms. The molecule has 0 aliphatic heterocycles. The molecule has 18 heavy (non-hydrogen) atoms. The number of hydrazine groups is 1. The highest BCUT2D eigenvalue weighted by molar-refractivity contribution is 5.57. The smallest absolute Gasteiger partial charge is 0.148 e. The number of nitrogens with two attached hydrogens (primary N) is 1. The average molecular weight is 249 g/mol. The minimum absolute atomic E-state index is 0.433. The van der Waals surface area contributed by atoms with Crippen molar-refractivity contribution in [2.24, 2.45) is 11.3 Å². The minimum Gasteiger partial charge on any atom is -0.367 e. The van der Waals surface area contributed by atoms with Crippen LogP contribution in [0.2, 0.25) is 0 Å². The van der Waals surface area contributed by atoms with Crippen LogP contribution in [0.4, 0.5) is 11.6 Å². The summed E-state index contributed by atoms with van der Waals surface area (Å²) in [7, 11) is 0. The fourth-order valence-corrected chi connectivity index (χ4v) is 2.66. The first kappa shape index (κ1) is 13.1. The molecule has 0 radical (unpaired) electrons. The second-order valence-corrected chi connectivity index (χ2v) is 5.99. The number of aryl methyl sites for hydroxylation is 1. The van der Waals surface area contributed by atoms with E-state index in [4.69, 9.17) is 5.84 Å². The molecule has 2 rings (SSSR count). The summed E-state index contributed by atoms with van der Waals surface area (Å²) in [5.41, 5.74) is 4.04. The first-order valence-electron chi connectivity index (χ1n) is 6.50. The second-order valence-electron chi connectivity index (χ2n) is 5.99. The molecule has 1 atom stereocenters. The molecule has 100 valence electrons. The Kier molecular flexibility index (Phi) is 3.43. The van der Waals surface area contributed by atoms with E-state index in [0.717, 1.165) is 17.2 Å². The number of rotatable bonds is 3. The van der Waals surface area contributed by atoms with E-state index in [1.165, 1.54) is 19.3 Å². The van der Waals surface area contributed by atoms with Gasteiger partial charge >= 0.3 is 0 Å². The van der Waals surface area contributed by atoms with Crippen LogP contribution in [0.1, 0.15) is 44.5 Å². The zero-order valence-corrected chi connectivity index (χ0v) is 11.7. The molecule has 0 amide bonds. The highest BCUT2D eigenvalue weighted by Crippen LogP contribution is 2.38. The monoisotopic (exact) mass is 249 g/mol. The van der Waals surface area contributed by atoms with Gasteiger partial charge in [0, 0.05) is 11.6 Å². The molecule has 1 aliphatic carbocycles. The molecule has 1 fully saturated rings. The molecule has 1 unspecified atom stereocenters. The number of aromatic nitrogens is 2. The lowest BCUT2D eigenvalue weighted by atomic mass is 9.92. The van der Waals surface area contributed by atoms with Crippen LogP contribution in [0.15, 0.2) is 0 Å². The number of anilines is 2. The predicted octanol–water partition coefficient (Wildman–Crippen LogP) is 2.37. The third kappa shape index (κ3) is 2.72. The lowest BCUT2D eigenvalue weighted by molar-refractivity contribution is 0.378. The number of hydrogen-bond donors (Lipinski definition) is 3. The van der Waals surface area contributed by atoms with Crippen molar-refractivity contribution in [1.29, 1.82) is 0 Å². The molecular formula is C13H23N5. The number of nitrogens with one attached hydrogen (secondary N) is 2. The zero-order chi connectivity index (χ0) is 13.3. The van der Waals surface area contributed by atoms with E-state index >= 15 is 0 Å². The van der Waals surface area contributed by atoms with Crippen molar-refractivity contribution >= 4 is 11.6 Å². The van der Waals surface area contributed by atoms with E-state index in [2.05, 4.69) is 34.6 Å².